The third kappa shape index (κ3) is 2.65. The Bertz CT molecular complexity index is 833. The average molecular weight is 310 g/mol. The van der Waals surface area contributed by atoms with Crippen molar-refractivity contribution in [2.45, 2.75) is 45.7 Å². The second-order valence-corrected chi connectivity index (χ2v) is 6.24. The van der Waals surface area contributed by atoms with Gasteiger partial charge in [-0.05, 0) is 31.9 Å². The van der Waals surface area contributed by atoms with E-state index >= 15 is 0 Å². The van der Waals surface area contributed by atoms with Crippen molar-refractivity contribution in [1.82, 2.24) is 19.9 Å². The number of rotatable bonds is 4. The largest absolute Gasteiger partial charge is 0.446 e. The highest BCUT2D eigenvalue weighted by Crippen LogP contribution is 2.29. The molecule has 23 heavy (non-hydrogen) atoms. The van der Waals surface area contributed by atoms with E-state index in [4.69, 9.17) is 4.42 Å². The molecular formula is C18H22N4O. The van der Waals surface area contributed by atoms with Gasteiger partial charge in [0.1, 0.15) is 11.6 Å². The van der Waals surface area contributed by atoms with E-state index in [9.17, 15) is 0 Å². The van der Waals surface area contributed by atoms with E-state index in [-0.39, 0.29) is 0 Å². The molecule has 5 heteroatoms. The van der Waals surface area contributed by atoms with Gasteiger partial charge in [-0.3, -0.25) is 0 Å². The number of nitrogens with zero attached hydrogens (tertiary/aromatic N) is 3. The molecule has 0 spiro atoms. The molecule has 0 fully saturated rings. The predicted octanol–water partition coefficient (Wildman–Crippen LogP) is 3.31. The minimum atomic E-state index is 0.311. The first-order chi connectivity index (χ1) is 11.2. The van der Waals surface area contributed by atoms with Crippen LogP contribution in [0.2, 0.25) is 0 Å². The molecule has 5 nitrogen and oxygen atoms in total. The van der Waals surface area contributed by atoms with Crippen molar-refractivity contribution in [2.24, 2.45) is 0 Å². The third-order valence-corrected chi connectivity index (χ3v) is 4.63. The molecule has 0 radical (unpaired) electrons. The molecule has 0 saturated carbocycles. The van der Waals surface area contributed by atoms with Crippen molar-refractivity contribution in [3.05, 3.63) is 47.4 Å². The first kappa shape index (κ1) is 14.5. The summed E-state index contributed by atoms with van der Waals surface area (Å²) < 4.78 is 7.98. The van der Waals surface area contributed by atoms with Gasteiger partial charge in [0.25, 0.3) is 0 Å². The number of fused-ring (bicyclic) bond motifs is 2. The smallest absolute Gasteiger partial charge is 0.191 e. The SMILES string of the molecule is Cc1nc2c(o1)CCCC2NCCn1c(C)nc2ccccc21. The zero-order chi connectivity index (χ0) is 15.8. The Balaban J connectivity index is 1.47. The van der Waals surface area contributed by atoms with Gasteiger partial charge in [0.2, 0.25) is 0 Å². The van der Waals surface area contributed by atoms with Crippen LogP contribution >= 0.6 is 0 Å². The van der Waals surface area contributed by atoms with Gasteiger partial charge in [0.05, 0.1) is 22.8 Å². The van der Waals surface area contributed by atoms with Crippen LogP contribution in [0.4, 0.5) is 0 Å². The summed E-state index contributed by atoms with van der Waals surface area (Å²) in [4.78, 5) is 9.19. The fourth-order valence-electron chi connectivity index (χ4n) is 3.57. The maximum atomic E-state index is 5.70. The van der Waals surface area contributed by atoms with Gasteiger partial charge in [-0.2, -0.15) is 0 Å². The summed E-state index contributed by atoms with van der Waals surface area (Å²) in [6, 6.07) is 8.62. The van der Waals surface area contributed by atoms with Gasteiger partial charge in [-0.25, -0.2) is 9.97 Å². The summed E-state index contributed by atoms with van der Waals surface area (Å²) in [7, 11) is 0. The fourth-order valence-corrected chi connectivity index (χ4v) is 3.57. The van der Waals surface area contributed by atoms with Crippen LogP contribution in [-0.4, -0.2) is 21.1 Å². The topological polar surface area (TPSA) is 55.9 Å². The Morgan fingerprint density at radius 1 is 1.26 bits per heavy atom. The predicted molar refractivity (Wildman–Crippen MR) is 89.4 cm³/mol. The number of aryl methyl sites for hydroxylation is 3. The zero-order valence-electron chi connectivity index (χ0n) is 13.7. The maximum Gasteiger partial charge on any atom is 0.191 e. The minimum Gasteiger partial charge on any atom is -0.446 e. The number of hydrogen-bond donors (Lipinski definition) is 1. The Morgan fingerprint density at radius 2 is 2.13 bits per heavy atom. The van der Waals surface area contributed by atoms with Crippen molar-refractivity contribution in [1.29, 1.82) is 0 Å². The summed E-state index contributed by atoms with van der Waals surface area (Å²) in [5, 5.41) is 3.65. The van der Waals surface area contributed by atoms with Gasteiger partial charge in [-0.1, -0.05) is 12.1 Å². The number of benzene rings is 1. The number of nitrogens with one attached hydrogen (secondary N) is 1. The molecule has 2 heterocycles. The molecule has 0 saturated heterocycles. The molecule has 0 aliphatic heterocycles. The quantitative estimate of drug-likeness (QED) is 0.803. The summed E-state index contributed by atoms with van der Waals surface area (Å²) in [6.07, 6.45) is 3.30. The third-order valence-electron chi connectivity index (χ3n) is 4.63. The first-order valence-corrected chi connectivity index (χ1v) is 8.34. The zero-order valence-corrected chi connectivity index (χ0v) is 13.7. The lowest BCUT2D eigenvalue weighted by molar-refractivity contribution is 0.399. The average Bonchev–Trinajstić information content (AvgIpc) is 3.07. The van der Waals surface area contributed by atoms with Gasteiger partial charge in [0.15, 0.2) is 5.89 Å². The second-order valence-electron chi connectivity index (χ2n) is 6.24. The monoisotopic (exact) mass is 310 g/mol. The van der Waals surface area contributed by atoms with Crippen LogP contribution in [0.3, 0.4) is 0 Å². The van der Waals surface area contributed by atoms with Crippen molar-refractivity contribution >= 4 is 11.0 Å². The van der Waals surface area contributed by atoms with Crippen LogP contribution in [0.5, 0.6) is 0 Å². The molecule has 120 valence electrons. The van der Waals surface area contributed by atoms with E-state index in [1.54, 1.807) is 0 Å². The molecule has 1 aromatic carbocycles. The van der Waals surface area contributed by atoms with E-state index < -0.39 is 0 Å². The molecule has 1 aliphatic rings. The molecule has 0 bridgehead atoms. The maximum absolute atomic E-state index is 5.70. The highest BCUT2D eigenvalue weighted by atomic mass is 16.4. The standard InChI is InChI=1S/C18H22N4O/c1-12-20-14-6-3-4-8-16(14)22(12)11-10-19-15-7-5-9-17-18(15)21-13(2)23-17/h3-4,6,8,15,19H,5,7,9-11H2,1-2H3. The van der Waals surface area contributed by atoms with Gasteiger partial charge in [0, 0.05) is 26.4 Å². The van der Waals surface area contributed by atoms with Crippen LogP contribution < -0.4 is 5.32 Å². The summed E-state index contributed by atoms with van der Waals surface area (Å²) in [5.74, 6) is 2.91. The Morgan fingerprint density at radius 3 is 3.04 bits per heavy atom. The number of aromatic nitrogens is 3. The summed E-state index contributed by atoms with van der Waals surface area (Å²) in [6.45, 7) is 5.81. The Hall–Kier alpha value is -2.14. The molecule has 0 amide bonds. The van der Waals surface area contributed by atoms with E-state index in [1.807, 2.05) is 13.0 Å². The molecule has 2 aromatic heterocycles. The normalized spacial score (nSPS) is 17.6. The van der Waals surface area contributed by atoms with Crippen LogP contribution in [0.1, 0.15) is 42.1 Å². The lowest BCUT2D eigenvalue weighted by atomic mass is 9.97. The van der Waals surface area contributed by atoms with E-state index in [0.717, 1.165) is 61.0 Å². The van der Waals surface area contributed by atoms with Gasteiger partial charge < -0.3 is 14.3 Å². The number of hydrogen-bond acceptors (Lipinski definition) is 4. The fraction of sp³-hybridized carbons (Fsp3) is 0.444. The number of para-hydroxylation sites is 2. The van der Waals surface area contributed by atoms with Crippen molar-refractivity contribution in [3.63, 3.8) is 0 Å². The molecule has 4 rings (SSSR count). The van der Waals surface area contributed by atoms with Gasteiger partial charge in [-0.15, -0.1) is 0 Å². The highest BCUT2D eigenvalue weighted by molar-refractivity contribution is 5.75. The van der Waals surface area contributed by atoms with Crippen molar-refractivity contribution in [2.75, 3.05) is 6.54 Å². The van der Waals surface area contributed by atoms with Crippen molar-refractivity contribution in [3.8, 4) is 0 Å². The van der Waals surface area contributed by atoms with Crippen LogP contribution in [0.25, 0.3) is 11.0 Å². The molecular weight excluding hydrogens is 288 g/mol. The number of imidazole rings is 1. The highest BCUT2D eigenvalue weighted by Gasteiger charge is 2.24. The molecule has 3 aromatic rings. The van der Waals surface area contributed by atoms with Crippen LogP contribution in [-0.2, 0) is 13.0 Å². The van der Waals surface area contributed by atoms with Crippen LogP contribution in [0, 0.1) is 13.8 Å². The van der Waals surface area contributed by atoms with E-state index in [0.29, 0.717) is 6.04 Å². The summed E-state index contributed by atoms with van der Waals surface area (Å²) in [5.41, 5.74) is 3.38. The van der Waals surface area contributed by atoms with Crippen LogP contribution in [0.15, 0.2) is 28.7 Å². The second kappa shape index (κ2) is 5.81. The van der Waals surface area contributed by atoms with E-state index in [2.05, 4.69) is 45.0 Å². The first-order valence-electron chi connectivity index (χ1n) is 8.34. The minimum absolute atomic E-state index is 0.311. The lowest BCUT2D eigenvalue weighted by Gasteiger charge is -2.21. The molecule has 1 N–H and O–H groups in total. The Labute approximate surface area is 135 Å². The lowest BCUT2D eigenvalue weighted by Crippen LogP contribution is -2.28. The van der Waals surface area contributed by atoms with Gasteiger partial charge >= 0.3 is 0 Å². The van der Waals surface area contributed by atoms with E-state index in [1.165, 1.54) is 5.52 Å². The Kier molecular flexibility index (Phi) is 3.65. The molecule has 1 aliphatic carbocycles. The number of oxazole rings is 1. The van der Waals surface area contributed by atoms with Crippen molar-refractivity contribution < 1.29 is 4.42 Å². The molecule has 1 atom stereocenters. The summed E-state index contributed by atoms with van der Waals surface area (Å²) >= 11 is 0. The molecule has 1 unspecified atom stereocenters.